The lowest BCUT2D eigenvalue weighted by Crippen LogP contribution is -2.29. The maximum atomic E-state index is 12.7. The van der Waals surface area contributed by atoms with Gasteiger partial charge in [-0.3, -0.25) is 9.69 Å². The lowest BCUT2D eigenvalue weighted by molar-refractivity contribution is 0.102. The molecule has 1 amide bonds. The minimum atomic E-state index is -0.201. The van der Waals surface area contributed by atoms with Gasteiger partial charge in [0.15, 0.2) is 0 Å². The van der Waals surface area contributed by atoms with E-state index in [1.165, 1.54) is 37.9 Å². The summed E-state index contributed by atoms with van der Waals surface area (Å²) in [7, 11) is 1.56. The molecule has 0 unspecified atom stereocenters. The Bertz CT molecular complexity index is 772. The van der Waals surface area contributed by atoms with Crippen molar-refractivity contribution in [2.24, 2.45) is 0 Å². The second-order valence-corrected chi connectivity index (χ2v) is 8.23. The molecule has 26 heavy (non-hydrogen) atoms. The number of methoxy groups -OCH3 is 1. The van der Waals surface area contributed by atoms with E-state index >= 15 is 0 Å². The van der Waals surface area contributed by atoms with Crippen LogP contribution in [0.3, 0.4) is 0 Å². The number of hydrogen-bond donors (Lipinski definition) is 1. The summed E-state index contributed by atoms with van der Waals surface area (Å²) in [5.74, 6) is 0.319. The van der Waals surface area contributed by atoms with E-state index in [4.69, 9.17) is 4.74 Å². The Morgan fingerprint density at radius 1 is 1.12 bits per heavy atom. The largest absolute Gasteiger partial charge is 0.495 e. The number of rotatable bonds is 5. The number of benzene rings is 2. The number of nitrogens with zero attached hydrogens (tertiary/aromatic N) is 1. The van der Waals surface area contributed by atoms with Crippen molar-refractivity contribution in [2.45, 2.75) is 25.8 Å². The van der Waals surface area contributed by atoms with E-state index in [1.54, 1.807) is 13.2 Å². The molecule has 4 nitrogen and oxygen atoms in total. The summed E-state index contributed by atoms with van der Waals surface area (Å²) in [4.78, 5) is 15.1. The fourth-order valence-corrected chi connectivity index (χ4v) is 4.59. The highest BCUT2D eigenvalue weighted by Gasteiger charge is 2.17. The molecule has 2 aromatic carbocycles. The Balaban J connectivity index is 1.68. The van der Waals surface area contributed by atoms with Gasteiger partial charge in [-0.1, -0.05) is 34.5 Å². The molecular weight excluding hydrogens is 460 g/mol. The summed E-state index contributed by atoms with van der Waals surface area (Å²) in [6.07, 6.45) is 3.92. The van der Waals surface area contributed by atoms with E-state index in [1.807, 2.05) is 18.2 Å². The van der Waals surface area contributed by atoms with Gasteiger partial charge in [0.25, 0.3) is 5.91 Å². The third-order valence-corrected chi connectivity index (χ3v) is 5.57. The van der Waals surface area contributed by atoms with Gasteiger partial charge in [-0.25, -0.2) is 0 Å². The number of hydrogen-bond acceptors (Lipinski definition) is 3. The Morgan fingerprint density at radius 3 is 2.46 bits per heavy atom. The van der Waals surface area contributed by atoms with Crippen molar-refractivity contribution in [2.75, 3.05) is 25.5 Å². The fourth-order valence-electron chi connectivity index (χ4n) is 3.20. The highest BCUT2D eigenvalue weighted by atomic mass is 79.9. The van der Waals surface area contributed by atoms with Crippen LogP contribution in [-0.2, 0) is 6.54 Å². The molecule has 3 rings (SSSR count). The summed E-state index contributed by atoms with van der Waals surface area (Å²) in [5.41, 5.74) is 2.52. The predicted molar refractivity (Wildman–Crippen MR) is 112 cm³/mol. The number of likely N-dealkylation sites (tertiary alicyclic amines) is 1. The van der Waals surface area contributed by atoms with Gasteiger partial charge in [-0.15, -0.1) is 0 Å². The second-order valence-electron chi connectivity index (χ2n) is 6.46. The van der Waals surface area contributed by atoms with Crippen molar-refractivity contribution in [3.8, 4) is 5.75 Å². The molecular formula is C20H22Br2N2O2. The van der Waals surface area contributed by atoms with Gasteiger partial charge in [0.05, 0.1) is 17.1 Å². The van der Waals surface area contributed by atoms with Gasteiger partial charge in [-0.05, 0) is 71.7 Å². The van der Waals surface area contributed by atoms with Crippen LogP contribution < -0.4 is 10.1 Å². The van der Waals surface area contributed by atoms with Crippen LogP contribution in [0.15, 0.2) is 45.3 Å². The van der Waals surface area contributed by atoms with E-state index in [-0.39, 0.29) is 5.91 Å². The Kier molecular flexibility index (Phi) is 6.73. The first-order chi connectivity index (χ1) is 12.6. The molecule has 138 valence electrons. The van der Waals surface area contributed by atoms with Crippen LogP contribution in [0.1, 0.15) is 35.2 Å². The first-order valence-corrected chi connectivity index (χ1v) is 10.3. The average molecular weight is 482 g/mol. The predicted octanol–water partition coefficient (Wildman–Crippen LogP) is 5.46. The summed E-state index contributed by atoms with van der Waals surface area (Å²) in [6, 6.07) is 11.7. The number of ether oxygens (including phenoxy) is 1. The zero-order chi connectivity index (χ0) is 18.5. The molecule has 1 N–H and O–H groups in total. The van der Waals surface area contributed by atoms with Gasteiger partial charge >= 0.3 is 0 Å². The van der Waals surface area contributed by atoms with Crippen molar-refractivity contribution < 1.29 is 9.53 Å². The van der Waals surface area contributed by atoms with Crippen molar-refractivity contribution in [3.63, 3.8) is 0 Å². The van der Waals surface area contributed by atoms with Gasteiger partial charge < -0.3 is 10.1 Å². The lowest BCUT2D eigenvalue weighted by atomic mass is 10.1. The smallest absolute Gasteiger partial charge is 0.259 e. The number of carbonyl (C=O) groups is 1. The Labute approximate surface area is 171 Å². The van der Waals surface area contributed by atoms with Gasteiger partial charge in [0.1, 0.15) is 5.75 Å². The van der Waals surface area contributed by atoms with Crippen LogP contribution in [-0.4, -0.2) is 31.0 Å². The number of nitrogens with one attached hydrogen (secondary N) is 1. The maximum absolute atomic E-state index is 12.7. The van der Waals surface area contributed by atoms with Crippen LogP contribution in [0.4, 0.5) is 5.69 Å². The quantitative estimate of drug-likeness (QED) is 0.616. The van der Waals surface area contributed by atoms with Crippen LogP contribution in [0.5, 0.6) is 5.75 Å². The molecule has 0 bridgehead atoms. The summed E-state index contributed by atoms with van der Waals surface area (Å²) >= 11 is 6.85. The highest BCUT2D eigenvalue weighted by molar-refractivity contribution is 9.11. The zero-order valence-electron chi connectivity index (χ0n) is 14.7. The van der Waals surface area contributed by atoms with E-state index in [0.29, 0.717) is 11.3 Å². The van der Waals surface area contributed by atoms with Crippen LogP contribution in [0.2, 0.25) is 0 Å². The number of anilines is 1. The third-order valence-electron chi connectivity index (χ3n) is 4.52. The molecule has 0 atom stereocenters. The van der Waals surface area contributed by atoms with E-state index in [2.05, 4.69) is 54.2 Å². The van der Waals surface area contributed by atoms with Gasteiger partial charge in [-0.2, -0.15) is 0 Å². The Hall–Kier alpha value is -1.37. The van der Waals surface area contributed by atoms with Gasteiger partial charge in [0, 0.05) is 16.7 Å². The minimum absolute atomic E-state index is 0.201. The number of carbonyl (C=O) groups excluding carboxylic acids is 1. The monoisotopic (exact) mass is 480 g/mol. The number of piperidine rings is 1. The first-order valence-electron chi connectivity index (χ1n) is 8.72. The van der Waals surface area contributed by atoms with E-state index < -0.39 is 0 Å². The van der Waals surface area contributed by atoms with Crippen molar-refractivity contribution in [1.82, 2.24) is 4.90 Å². The highest BCUT2D eigenvalue weighted by Crippen LogP contribution is 2.33. The molecule has 0 spiro atoms. The number of amides is 1. The van der Waals surface area contributed by atoms with Crippen molar-refractivity contribution >= 4 is 43.5 Å². The summed E-state index contributed by atoms with van der Waals surface area (Å²) < 4.78 is 6.90. The van der Waals surface area contributed by atoms with Crippen LogP contribution in [0, 0.1) is 0 Å². The summed E-state index contributed by atoms with van der Waals surface area (Å²) in [5, 5.41) is 2.94. The number of halogens is 2. The molecule has 1 fully saturated rings. The normalized spacial score (nSPS) is 14.9. The molecule has 1 aliphatic rings. The molecule has 0 radical (unpaired) electrons. The lowest BCUT2D eigenvalue weighted by Gasteiger charge is -2.26. The van der Waals surface area contributed by atoms with Crippen LogP contribution in [0.25, 0.3) is 0 Å². The molecule has 0 aromatic heterocycles. The Morgan fingerprint density at radius 2 is 1.81 bits per heavy atom. The average Bonchev–Trinajstić information content (AvgIpc) is 2.63. The SMILES string of the molecule is COc1c(Br)cc(Br)cc1C(=O)Nc1ccc(CN2CCCCC2)cc1. The first kappa shape index (κ1) is 19.4. The van der Waals surface area contributed by atoms with Crippen molar-refractivity contribution in [3.05, 3.63) is 56.5 Å². The standard InChI is InChI=1S/C20H22Br2N2O2/c1-26-19-17(11-15(21)12-18(19)22)20(25)23-16-7-5-14(6-8-16)13-24-9-3-2-4-10-24/h5-8,11-12H,2-4,9-10,13H2,1H3,(H,23,25). The van der Waals surface area contributed by atoms with Gasteiger partial charge in [0.2, 0.25) is 0 Å². The molecule has 1 aliphatic heterocycles. The molecule has 6 heteroatoms. The fraction of sp³-hybridized carbons (Fsp3) is 0.350. The molecule has 0 aliphatic carbocycles. The molecule has 0 saturated carbocycles. The third kappa shape index (κ3) is 4.87. The maximum Gasteiger partial charge on any atom is 0.259 e. The molecule has 1 saturated heterocycles. The zero-order valence-corrected chi connectivity index (χ0v) is 17.9. The summed E-state index contributed by atoms with van der Waals surface area (Å²) in [6.45, 7) is 3.33. The van der Waals surface area contributed by atoms with Crippen LogP contribution >= 0.6 is 31.9 Å². The van der Waals surface area contributed by atoms with Crippen molar-refractivity contribution in [1.29, 1.82) is 0 Å². The molecule has 2 aromatic rings. The topological polar surface area (TPSA) is 41.6 Å². The second kappa shape index (κ2) is 9.02. The van der Waals surface area contributed by atoms with E-state index in [9.17, 15) is 4.79 Å². The minimum Gasteiger partial charge on any atom is -0.495 e. The van der Waals surface area contributed by atoms with E-state index in [0.717, 1.165) is 21.2 Å². The molecule has 1 heterocycles.